The fourth-order valence-corrected chi connectivity index (χ4v) is 1.35. The molecule has 0 unspecified atom stereocenters. The average Bonchev–Trinajstić information content (AvgIpc) is 2.34. The van der Waals surface area contributed by atoms with Crippen LogP contribution in [0.4, 0.5) is 4.39 Å². The Morgan fingerprint density at radius 2 is 1.88 bits per heavy atom. The first-order chi connectivity index (χ1) is 8.24. The lowest BCUT2D eigenvalue weighted by atomic mass is 10.2. The van der Waals surface area contributed by atoms with E-state index in [0.717, 1.165) is 31.7 Å². The van der Waals surface area contributed by atoms with E-state index in [1.165, 1.54) is 12.8 Å². The van der Waals surface area contributed by atoms with Crippen molar-refractivity contribution >= 4 is 5.97 Å². The van der Waals surface area contributed by atoms with Crippen LogP contribution in [0.2, 0.25) is 0 Å². The van der Waals surface area contributed by atoms with Crippen LogP contribution in [0.25, 0.3) is 0 Å². The Labute approximate surface area is 100 Å². The predicted molar refractivity (Wildman–Crippen MR) is 61.0 cm³/mol. The maximum Gasteiger partial charge on any atom is 0.376 e. The number of hydrogen-bond acceptors (Lipinski definition) is 4. The number of halogens is 1. The summed E-state index contributed by atoms with van der Waals surface area (Å²) < 4.78 is 17.5. The highest BCUT2D eigenvalue weighted by atomic mass is 19.1. The summed E-state index contributed by atoms with van der Waals surface area (Å²) in [7, 11) is 0. The van der Waals surface area contributed by atoms with Crippen LogP contribution in [0, 0.1) is 5.82 Å². The van der Waals surface area contributed by atoms with Crippen LogP contribution in [0.15, 0.2) is 12.4 Å². The minimum Gasteiger partial charge on any atom is -0.460 e. The molecule has 0 aliphatic carbocycles. The van der Waals surface area contributed by atoms with Gasteiger partial charge in [0.1, 0.15) is 0 Å². The van der Waals surface area contributed by atoms with Gasteiger partial charge in [-0.1, -0.05) is 32.6 Å². The van der Waals surface area contributed by atoms with Gasteiger partial charge in [0, 0.05) is 0 Å². The highest BCUT2D eigenvalue weighted by Gasteiger charge is 2.09. The first-order valence-corrected chi connectivity index (χ1v) is 5.88. The lowest BCUT2D eigenvalue weighted by Gasteiger charge is -2.03. The summed E-state index contributed by atoms with van der Waals surface area (Å²) in [5.41, 5.74) is 0. The van der Waals surface area contributed by atoms with E-state index in [4.69, 9.17) is 4.74 Å². The van der Waals surface area contributed by atoms with Crippen molar-refractivity contribution in [3.05, 3.63) is 24.0 Å². The van der Waals surface area contributed by atoms with E-state index >= 15 is 0 Å². The van der Waals surface area contributed by atoms with Crippen molar-refractivity contribution in [1.29, 1.82) is 0 Å². The molecule has 0 N–H and O–H groups in total. The minimum absolute atomic E-state index is 0.0973. The Hall–Kier alpha value is -1.52. The lowest BCUT2D eigenvalue weighted by molar-refractivity contribution is 0.0483. The molecule has 17 heavy (non-hydrogen) atoms. The van der Waals surface area contributed by atoms with Gasteiger partial charge in [-0.3, -0.25) is 0 Å². The van der Waals surface area contributed by atoms with E-state index in [1.807, 2.05) is 0 Å². The normalized spacial score (nSPS) is 10.2. The molecule has 0 saturated heterocycles. The molecule has 1 aromatic rings. The second kappa shape index (κ2) is 7.70. The third kappa shape index (κ3) is 5.38. The minimum atomic E-state index is -0.597. The molecule has 5 heteroatoms. The molecule has 0 spiro atoms. The maximum atomic E-state index is 12.5. The highest BCUT2D eigenvalue weighted by molar-refractivity contribution is 5.84. The zero-order valence-electron chi connectivity index (χ0n) is 9.99. The standard InChI is InChI=1S/C12H17FN2O2/c1-2-3-4-5-6-7-17-12(16)11-14-8-10(13)9-15-11/h8-9H,2-7H2,1H3. The SMILES string of the molecule is CCCCCCCOC(=O)c1ncc(F)cn1. The van der Waals surface area contributed by atoms with Gasteiger partial charge in [-0.2, -0.15) is 0 Å². The largest absolute Gasteiger partial charge is 0.460 e. The van der Waals surface area contributed by atoms with Crippen molar-refractivity contribution in [2.45, 2.75) is 39.0 Å². The quantitative estimate of drug-likeness (QED) is 0.543. The van der Waals surface area contributed by atoms with Crippen molar-refractivity contribution in [3.8, 4) is 0 Å². The Morgan fingerprint density at radius 3 is 2.53 bits per heavy atom. The molecule has 0 aromatic carbocycles. The molecule has 0 aliphatic heterocycles. The van der Waals surface area contributed by atoms with Crippen molar-refractivity contribution < 1.29 is 13.9 Å². The first kappa shape index (κ1) is 13.5. The number of aromatic nitrogens is 2. The van der Waals surface area contributed by atoms with Crippen molar-refractivity contribution in [2.24, 2.45) is 0 Å². The van der Waals surface area contributed by atoms with E-state index in [-0.39, 0.29) is 5.82 Å². The summed E-state index contributed by atoms with van der Waals surface area (Å²) >= 11 is 0. The van der Waals surface area contributed by atoms with Crippen LogP contribution in [0.1, 0.15) is 49.6 Å². The Kier molecular flexibility index (Phi) is 6.14. The van der Waals surface area contributed by atoms with Crippen LogP contribution in [0.3, 0.4) is 0 Å². The molecule has 0 amide bonds. The molecule has 4 nitrogen and oxygen atoms in total. The number of ether oxygens (including phenoxy) is 1. The number of nitrogens with zero attached hydrogens (tertiary/aromatic N) is 2. The molecule has 1 heterocycles. The fourth-order valence-electron chi connectivity index (χ4n) is 1.35. The number of carbonyl (C=O) groups excluding carboxylic acids is 1. The maximum absolute atomic E-state index is 12.5. The molecule has 0 atom stereocenters. The molecule has 1 aromatic heterocycles. The first-order valence-electron chi connectivity index (χ1n) is 5.88. The topological polar surface area (TPSA) is 52.1 Å². The molecule has 1 rings (SSSR count). The summed E-state index contributed by atoms with van der Waals surface area (Å²) in [5.74, 6) is -1.26. The van der Waals surface area contributed by atoms with Gasteiger partial charge in [0.05, 0.1) is 19.0 Å². The molecule has 0 fully saturated rings. The van der Waals surface area contributed by atoms with Crippen molar-refractivity contribution in [1.82, 2.24) is 9.97 Å². The number of rotatable bonds is 7. The van der Waals surface area contributed by atoms with E-state index in [2.05, 4.69) is 16.9 Å². The molecular formula is C12H17FN2O2. The third-order valence-corrected chi connectivity index (χ3v) is 2.28. The van der Waals surface area contributed by atoms with Crippen LogP contribution in [0.5, 0.6) is 0 Å². The van der Waals surface area contributed by atoms with Crippen LogP contribution >= 0.6 is 0 Å². The number of hydrogen-bond donors (Lipinski definition) is 0. The Balaban J connectivity index is 2.19. The van der Waals surface area contributed by atoms with Gasteiger partial charge in [-0.25, -0.2) is 19.2 Å². The van der Waals surface area contributed by atoms with Crippen molar-refractivity contribution in [3.63, 3.8) is 0 Å². The zero-order valence-corrected chi connectivity index (χ0v) is 9.99. The van der Waals surface area contributed by atoms with Gasteiger partial charge in [0.15, 0.2) is 5.82 Å². The third-order valence-electron chi connectivity index (χ3n) is 2.28. The van der Waals surface area contributed by atoms with Gasteiger partial charge < -0.3 is 4.74 Å². The summed E-state index contributed by atoms with van der Waals surface area (Å²) in [6, 6.07) is 0. The van der Waals surface area contributed by atoms with E-state index in [0.29, 0.717) is 6.61 Å². The molecule has 94 valence electrons. The van der Waals surface area contributed by atoms with Crippen LogP contribution in [-0.2, 0) is 4.74 Å². The van der Waals surface area contributed by atoms with E-state index in [1.54, 1.807) is 0 Å². The smallest absolute Gasteiger partial charge is 0.376 e. The van der Waals surface area contributed by atoms with E-state index in [9.17, 15) is 9.18 Å². The molecule has 0 radical (unpaired) electrons. The summed E-state index contributed by atoms with van der Waals surface area (Å²) in [4.78, 5) is 18.5. The second-order valence-corrected chi connectivity index (χ2v) is 3.78. The van der Waals surface area contributed by atoms with Crippen LogP contribution in [-0.4, -0.2) is 22.5 Å². The Bertz CT molecular complexity index is 341. The fraction of sp³-hybridized carbons (Fsp3) is 0.583. The van der Waals surface area contributed by atoms with Crippen LogP contribution < -0.4 is 0 Å². The van der Waals surface area contributed by atoms with Gasteiger partial charge in [0.25, 0.3) is 0 Å². The van der Waals surface area contributed by atoms with E-state index < -0.39 is 11.8 Å². The molecular weight excluding hydrogens is 223 g/mol. The molecule has 0 aliphatic rings. The number of unbranched alkanes of at least 4 members (excludes halogenated alkanes) is 4. The lowest BCUT2D eigenvalue weighted by Crippen LogP contribution is -2.10. The predicted octanol–water partition coefficient (Wildman–Crippen LogP) is 2.74. The van der Waals surface area contributed by atoms with Gasteiger partial charge >= 0.3 is 5.97 Å². The second-order valence-electron chi connectivity index (χ2n) is 3.78. The van der Waals surface area contributed by atoms with Gasteiger partial charge in [-0.05, 0) is 6.42 Å². The van der Waals surface area contributed by atoms with Crippen molar-refractivity contribution in [2.75, 3.05) is 6.61 Å². The monoisotopic (exact) mass is 240 g/mol. The van der Waals surface area contributed by atoms with Gasteiger partial charge in [0.2, 0.25) is 5.82 Å². The molecule has 0 bridgehead atoms. The Morgan fingerprint density at radius 1 is 1.24 bits per heavy atom. The summed E-state index contributed by atoms with van der Waals surface area (Å²) in [6.45, 7) is 2.51. The number of carbonyl (C=O) groups is 1. The average molecular weight is 240 g/mol. The molecule has 0 saturated carbocycles. The summed E-state index contributed by atoms with van der Waals surface area (Å²) in [5, 5.41) is 0. The highest BCUT2D eigenvalue weighted by Crippen LogP contribution is 2.03. The number of esters is 1. The summed E-state index contributed by atoms with van der Waals surface area (Å²) in [6.07, 6.45) is 7.33. The zero-order chi connectivity index (χ0) is 12.5. The van der Waals surface area contributed by atoms with Gasteiger partial charge in [-0.15, -0.1) is 0 Å².